The van der Waals surface area contributed by atoms with Gasteiger partial charge in [-0.1, -0.05) is 34.0 Å². The second-order valence-electron chi connectivity index (χ2n) is 2.74. The molecular formula is C7H16BrClO2Si. The predicted molar refractivity (Wildman–Crippen MR) is 58.3 cm³/mol. The molecule has 5 heteroatoms. The zero-order valence-corrected chi connectivity index (χ0v) is 10.9. The molecule has 12 heavy (non-hydrogen) atoms. The zero-order valence-electron chi connectivity index (χ0n) is 7.61. The monoisotopic (exact) mass is 274 g/mol. The first kappa shape index (κ1) is 12.9. The molecule has 1 unspecified atom stereocenters. The molecule has 1 atom stereocenters. The highest BCUT2D eigenvalue weighted by Gasteiger charge is 2.28. The van der Waals surface area contributed by atoms with E-state index in [0.29, 0.717) is 0 Å². The van der Waals surface area contributed by atoms with E-state index in [1.54, 1.807) is 7.11 Å². The van der Waals surface area contributed by atoms with Crippen molar-refractivity contribution < 1.29 is 8.85 Å². The highest BCUT2D eigenvalue weighted by Crippen LogP contribution is 2.16. The van der Waals surface area contributed by atoms with Crippen LogP contribution in [0.5, 0.6) is 0 Å². The zero-order chi connectivity index (χ0) is 9.45. The Morgan fingerprint density at radius 1 is 1.42 bits per heavy atom. The molecule has 0 bridgehead atoms. The topological polar surface area (TPSA) is 18.5 Å². The van der Waals surface area contributed by atoms with Crippen LogP contribution in [-0.2, 0) is 8.85 Å². The summed E-state index contributed by atoms with van der Waals surface area (Å²) >= 11 is 8.89. The molecule has 0 saturated carbocycles. The first-order chi connectivity index (χ1) is 5.68. The molecule has 0 saturated heterocycles. The van der Waals surface area contributed by atoms with Crippen molar-refractivity contribution in [1.29, 1.82) is 0 Å². The van der Waals surface area contributed by atoms with E-state index < -0.39 is 8.56 Å². The Bertz CT molecular complexity index is 118. The predicted octanol–water partition coefficient (Wildman–Crippen LogP) is 3.09. The SMILES string of the molecule is CO[Si](C)(CCCCBr)OCCl. The molecule has 0 aromatic rings. The Hall–Kier alpha value is 0.907. The van der Waals surface area contributed by atoms with Gasteiger partial charge in [0, 0.05) is 12.4 Å². The summed E-state index contributed by atoms with van der Waals surface area (Å²) in [4.78, 5) is 0. The average Bonchev–Trinajstić information content (AvgIpc) is 2.06. The normalized spacial score (nSPS) is 16.0. The third kappa shape index (κ3) is 5.53. The van der Waals surface area contributed by atoms with E-state index in [4.69, 9.17) is 20.5 Å². The van der Waals surface area contributed by atoms with Gasteiger partial charge in [-0.2, -0.15) is 0 Å². The van der Waals surface area contributed by atoms with Gasteiger partial charge in [-0.3, -0.25) is 0 Å². The highest BCUT2D eigenvalue weighted by molar-refractivity contribution is 9.09. The van der Waals surface area contributed by atoms with E-state index in [-0.39, 0.29) is 6.07 Å². The molecule has 74 valence electrons. The lowest BCUT2D eigenvalue weighted by atomic mass is 10.4. The van der Waals surface area contributed by atoms with Gasteiger partial charge in [0.15, 0.2) is 0 Å². The molecule has 0 N–H and O–H groups in total. The smallest absolute Gasteiger partial charge is 0.335 e. The maximum Gasteiger partial charge on any atom is 0.335 e. The summed E-state index contributed by atoms with van der Waals surface area (Å²) in [5.41, 5.74) is 0. The van der Waals surface area contributed by atoms with E-state index in [0.717, 1.165) is 24.2 Å². The van der Waals surface area contributed by atoms with Crippen LogP contribution in [0.4, 0.5) is 0 Å². The van der Waals surface area contributed by atoms with Crippen molar-refractivity contribution in [3.8, 4) is 0 Å². The molecule has 0 heterocycles. The first-order valence-corrected chi connectivity index (χ1v) is 8.17. The number of unbranched alkanes of at least 4 members (excludes halogenated alkanes) is 1. The van der Waals surface area contributed by atoms with E-state index in [1.165, 1.54) is 0 Å². The molecule has 2 nitrogen and oxygen atoms in total. The Morgan fingerprint density at radius 3 is 2.50 bits per heavy atom. The van der Waals surface area contributed by atoms with Crippen LogP contribution in [0.25, 0.3) is 0 Å². The van der Waals surface area contributed by atoms with Gasteiger partial charge in [0.1, 0.15) is 6.07 Å². The standard InChI is InChI=1S/C7H16BrClO2Si/c1-10-12(2,11-7-9)6-4-3-5-8/h3-7H2,1-2H3. The minimum absolute atomic E-state index is 0.241. The molecule has 0 spiro atoms. The third-order valence-electron chi connectivity index (χ3n) is 1.81. The molecule has 0 aliphatic heterocycles. The third-order valence-corrected chi connectivity index (χ3v) is 5.54. The molecular weight excluding hydrogens is 260 g/mol. The number of hydrogen-bond donors (Lipinski definition) is 0. The summed E-state index contributed by atoms with van der Waals surface area (Å²) in [6, 6.07) is 1.26. The van der Waals surface area contributed by atoms with Gasteiger partial charge >= 0.3 is 8.56 Å². The Labute approximate surface area is 89.0 Å². The maximum atomic E-state index is 5.50. The molecule has 0 rings (SSSR count). The lowest BCUT2D eigenvalue weighted by molar-refractivity contribution is 0.236. The Balaban J connectivity index is 3.63. The fourth-order valence-electron chi connectivity index (χ4n) is 0.889. The minimum Gasteiger partial charge on any atom is -0.398 e. The van der Waals surface area contributed by atoms with Crippen molar-refractivity contribution in [2.75, 3.05) is 18.5 Å². The second-order valence-corrected chi connectivity index (χ2v) is 7.21. The number of hydrogen-bond acceptors (Lipinski definition) is 2. The van der Waals surface area contributed by atoms with Gasteiger partial charge in [0.2, 0.25) is 0 Å². The van der Waals surface area contributed by atoms with E-state index in [9.17, 15) is 0 Å². The quantitative estimate of drug-likeness (QED) is 0.404. The first-order valence-electron chi connectivity index (χ1n) is 3.99. The minimum atomic E-state index is -1.91. The van der Waals surface area contributed by atoms with Crippen molar-refractivity contribution in [2.24, 2.45) is 0 Å². The van der Waals surface area contributed by atoms with Gasteiger partial charge in [0.05, 0.1) is 0 Å². The van der Waals surface area contributed by atoms with Crippen molar-refractivity contribution in [2.45, 2.75) is 25.4 Å². The Morgan fingerprint density at radius 2 is 2.08 bits per heavy atom. The van der Waals surface area contributed by atoms with E-state index in [2.05, 4.69) is 15.9 Å². The fraction of sp³-hybridized carbons (Fsp3) is 1.00. The van der Waals surface area contributed by atoms with E-state index >= 15 is 0 Å². The van der Waals surface area contributed by atoms with Crippen LogP contribution in [0.1, 0.15) is 12.8 Å². The van der Waals surface area contributed by atoms with Crippen LogP contribution >= 0.6 is 27.5 Å². The van der Waals surface area contributed by atoms with Crippen LogP contribution < -0.4 is 0 Å². The summed E-state index contributed by atoms with van der Waals surface area (Å²) < 4.78 is 10.7. The summed E-state index contributed by atoms with van der Waals surface area (Å²) in [5.74, 6) is 0. The van der Waals surface area contributed by atoms with Gasteiger partial charge < -0.3 is 8.85 Å². The number of halogens is 2. The summed E-state index contributed by atoms with van der Waals surface area (Å²) in [5, 5.41) is 1.04. The molecule has 0 aromatic carbocycles. The van der Waals surface area contributed by atoms with Crippen molar-refractivity contribution >= 4 is 36.1 Å². The van der Waals surface area contributed by atoms with Crippen molar-refractivity contribution in [3.63, 3.8) is 0 Å². The van der Waals surface area contributed by atoms with Gasteiger partial charge in [-0.25, -0.2) is 0 Å². The molecule has 0 aliphatic rings. The molecule has 0 aromatic heterocycles. The number of rotatable bonds is 7. The van der Waals surface area contributed by atoms with Crippen LogP contribution in [0.3, 0.4) is 0 Å². The lowest BCUT2D eigenvalue weighted by Gasteiger charge is -2.23. The second kappa shape index (κ2) is 7.32. The molecule has 0 fully saturated rings. The molecule has 0 amide bonds. The lowest BCUT2D eigenvalue weighted by Crippen LogP contribution is -2.36. The van der Waals surface area contributed by atoms with Crippen LogP contribution in [-0.4, -0.2) is 27.1 Å². The molecule has 0 aliphatic carbocycles. The molecule has 0 radical (unpaired) electrons. The maximum absolute atomic E-state index is 5.50. The van der Waals surface area contributed by atoms with Crippen molar-refractivity contribution in [3.05, 3.63) is 0 Å². The summed E-state index contributed by atoms with van der Waals surface area (Å²) in [6.45, 7) is 2.05. The summed E-state index contributed by atoms with van der Waals surface area (Å²) in [7, 11) is -0.212. The largest absolute Gasteiger partial charge is 0.398 e. The van der Waals surface area contributed by atoms with Crippen molar-refractivity contribution in [1.82, 2.24) is 0 Å². The summed E-state index contributed by atoms with van der Waals surface area (Å²) in [6.07, 6.45) is 2.30. The van der Waals surface area contributed by atoms with Crippen LogP contribution in [0, 0.1) is 0 Å². The highest BCUT2D eigenvalue weighted by atomic mass is 79.9. The average molecular weight is 276 g/mol. The van der Waals surface area contributed by atoms with Gasteiger partial charge in [-0.15, -0.1) is 0 Å². The number of alkyl halides is 2. The van der Waals surface area contributed by atoms with E-state index in [1.807, 2.05) is 6.55 Å². The fourth-order valence-corrected chi connectivity index (χ4v) is 3.57. The van der Waals surface area contributed by atoms with Gasteiger partial charge in [-0.05, 0) is 19.0 Å². The van der Waals surface area contributed by atoms with Gasteiger partial charge in [0.25, 0.3) is 0 Å². The Kier molecular flexibility index (Phi) is 7.88. The van der Waals surface area contributed by atoms with Crippen LogP contribution in [0.2, 0.25) is 12.6 Å². The van der Waals surface area contributed by atoms with Crippen LogP contribution in [0.15, 0.2) is 0 Å².